The van der Waals surface area contributed by atoms with Crippen molar-refractivity contribution in [3.63, 3.8) is 0 Å². The molecule has 1 amide bonds. The van der Waals surface area contributed by atoms with Crippen LogP contribution < -0.4 is 10.5 Å². The number of hydrogen-bond donors (Lipinski definition) is 1. The van der Waals surface area contributed by atoms with E-state index in [-0.39, 0.29) is 12.1 Å². The van der Waals surface area contributed by atoms with Crippen LogP contribution in [0.4, 0.5) is 10.6 Å². The number of anilines is 1. The quantitative estimate of drug-likeness (QED) is 0.157. The van der Waals surface area contributed by atoms with E-state index < -0.39 is 13.7 Å². The van der Waals surface area contributed by atoms with Crippen LogP contribution in [0.15, 0.2) is 54.9 Å². The Balaban J connectivity index is 1.37. The second-order valence-corrected chi connectivity index (χ2v) is 20.0. The summed E-state index contributed by atoms with van der Waals surface area (Å²) in [5.41, 5.74) is 14.5. The van der Waals surface area contributed by atoms with E-state index in [1.165, 1.54) is 6.33 Å². The summed E-state index contributed by atoms with van der Waals surface area (Å²) in [5, 5.41) is 5.66. The van der Waals surface area contributed by atoms with Gasteiger partial charge < -0.3 is 20.1 Å². The van der Waals surface area contributed by atoms with Crippen LogP contribution in [0.1, 0.15) is 80.3 Å². The summed E-state index contributed by atoms with van der Waals surface area (Å²) in [6.45, 7) is 20.6. The molecule has 1 atom stereocenters. The third kappa shape index (κ3) is 7.15. The van der Waals surface area contributed by atoms with Crippen molar-refractivity contribution < 1.29 is 14.3 Å². The predicted octanol–water partition coefficient (Wildman–Crippen LogP) is 8.62. The fraction of sp³-hybridized carbons (Fsp3) is 0.459. The van der Waals surface area contributed by atoms with Gasteiger partial charge in [0.15, 0.2) is 5.65 Å². The normalized spacial score (nSPS) is 15.4. The van der Waals surface area contributed by atoms with Crippen LogP contribution in [0.5, 0.6) is 11.5 Å². The SMILES string of the molecule is CC(C)[Si](C#Cc1cccc(Oc2ccc(-c3nn(C4CCN(C(=O)OC(C)(C)C)C4)c4ncnc(N)c34)cc2)c1)(C(C)C)C(C)C. The molecule has 2 aromatic heterocycles. The number of carbonyl (C=O) groups is 1. The molecular weight excluding hydrogens is 605 g/mol. The lowest BCUT2D eigenvalue weighted by atomic mass is 10.1. The van der Waals surface area contributed by atoms with Crippen LogP contribution in [0.3, 0.4) is 0 Å². The fourth-order valence-corrected chi connectivity index (χ4v) is 12.2. The van der Waals surface area contributed by atoms with Gasteiger partial charge in [-0.15, -0.1) is 5.54 Å². The van der Waals surface area contributed by atoms with E-state index in [1.54, 1.807) is 4.90 Å². The third-order valence-corrected chi connectivity index (χ3v) is 15.5. The number of nitrogen functional groups attached to an aromatic ring is 1. The molecule has 9 nitrogen and oxygen atoms in total. The first kappa shape index (κ1) is 34.0. The number of hydrogen-bond acceptors (Lipinski definition) is 7. The summed E-state index contributed by atoms with van der Waals surface area (Å²) in [6, 6.07) is 15.7. The van der Waals surface area contributed by atoms with Crippen LogP contribution in [0.2, 0.25) is 16.6 Å². The maximum Gasteiger partial charge on any atom is 0.410 e. The van der Waals surface area contributed by atoms with Crippen molar-refractivity contribution in [2.24, 2.45) is 0 Å². The van der Waals surface area contributed by atoms with Gasteiger partial charge in [-0.25, -0.2) is 19.4 Å². The second kappa shape index (κ2) is 13.4. The number of rotatable bonds is 7. The maximum absolute atomic E-state index is 12.7. The Hall–Kier alpha value is -4.36. The smallest absolute Gasteiger partial charge is 0.410 e. The van der Waals surface area contributed by atoms with Gasteiger partial charge in [-0.3, -0.25) is 0 Å². The summed E-state index contributed by atoms with van der Waals surface area (Å²) in [6.07, 6.45) is 1.85. The zero-order valence-corrected chi connectivity index (χ0v) is 30.2. The van der Waals surface area contributed by atoms with Gasteiger partial charge >= 0.3 is 6.09 Å². The number of aromatic nitrogens is 4. The van der Waals surface area contributed by atoms with Gasteiger partial charge in [0.05, 0.1) is 11.4 Å². The lowest BCUT2D eigenvalue weighted by Gasteiger charge is -2.38. The minimum absolute atomic E-state index is 0.0690. The fourth-order valence-electron chi connectivity index (χ4n) is 6.95. The van der Waals surface area contributed by atoms with Crippen molar-refractivity contribution >= 4 is 31.0 Å². The number of amides is 1. The van der Waals surface area contributed by atoms with Crippen molar-refractivity contribution in [1.82, 2.24) is 24.6 Å². The number of nitrogens with two attached hydrogens (primary N) is 1. The molecule has 1 aliphatic heterocycles. The molecule has 0 radical (unpaired) electrons. The first-order valence-electron chi connectivity index (χ1n) is 16.6. The Morgan fingerprint density at radius 1 is 0.979 bits per heavy atom. The Kier molecular flexibility index (Phi) is 9.69. The highest BCUT2D eigenvalue weighted by Crippen LogP contribution is 2.41. The third-order valence-electron chi connectivity index (χ3n) is 9.17. The van der Waals surface area contributed by atoms with E-state index >= 15 is 0 Å². The summed E-state index contributed by atoms with van der Waals surface area (Å²) in [4.78, 5) is 23.2. The predicted molar refractivity (Wildman–Crippen MR) is 191 cm³/mol. The van der Waals surface area contributed by atoms with E-state index in [0.717, 1.165) is 23.3 Å². The van der Waals surface area contributed by atoms with E-state index in [4.69, 9.17) is 20.3 Å². The topological polar surface area (TPSA) is 108 Å². The van der Waals surface area contributed by atoms with Crippen molar-refractivity contribution in [3.05, 3.63) is 60.4 Å². The summed E-state index contributed by atoms with van der Waals surface area (Å²) in [7, 11) is -1.84. The number of ether oxygens (including phenoxy) is 2. The largest absolute Gasteiger partial charge is 0.457 e. The lowest BCUT2D eigenvalue weighted by molar-refractivity contribution is 0.0288. The maximum atomic E-state index is 12.7. The molecule has 1 unspecified atom stereocenters. The molecule has 2 N–H and O–H groups in total. The molecule has 2 aromatic carbocycles. The number of likely N-dealkylation sites (tertiary alicyclic amines) is 1. The molecule has 5 rings (SSSR count). The highest BCUT2D eigenvalue weighted by Gasteiger charge is 2.41. The number of fused-ring (bicyclic) bond motifs is 1. The molecule has 0 saturated carbocycles. The van der Waals surface area contributed by atoms with E-state index in [9.17, 15) is 4.79 Å². The number of benzene rings is 2. The van der Waals surface area contributed by atoms with Gasteiger partial charge in [0, 0.05) is 24.2 Å². The minimum Gasteiger partial charge on any atom is -0.457 e. The second-order valence-electron chi connectivity index (χ2n) is 14.4. The first-order chi connectivity index (χ1) is 22.2. The van der Waals surface area contributed by atoms with Crippen molar-refractivity contribution in [2.45, 2.75) is 97.0 Å². The summed E-state index contributed by atoms with van der Waals surface area (Å²) < 4.78 is 13.7. The van der Waals surface area contributed by atoms with E-state index in [2.05, 4.69) is 63.0 Å². The highest BCUT2D eigenvalue weighted by atomic mass is 28.3. The van der Waals surface area contributed by atoms with Crippen LogP contribution >= 0.6 is 0 Å². The first-order valence-corrected chi connectivity index (χ1v) is 18.8. The molecule has 3 heterocycles. The number of carbonyl (C=O) groups excluding carboxylic acids is 1. The Morgan fingerprint density at radius 3 is 2.30 bits per heavy atom. The van der Waals surface area contributed by atoms with E-state index in [0.29, 0.717) is 58.0 Å². The van der Waals surface area contributed by atoms with Crippen LogP contribution in [-0.4, -0.2) is 57.5 Å². The molecule has 47 heavy (non-hydrogen) atoms. The van der Waals surface area contributed by atoms with Gasteiger partial charge in [0.2, 0.25) is 0 Å². The van der Waals surface area contributed by atoms with Crippen molar-refractivity contribution in [3.8, 4) is 34.2 Å². The standard InChI is InChI=1S/C37H48N6O3Si/c1-24(2)47(25(3)4,26(5)6)20-18-27-11-10-12-31(21-27)45-30-15-13-28(14-16-30)33-32-34(38)39-23-40-35(32)43(41-33)29-17-19-42(22-29)36(44)46-37(7,8)9/h10-16,21,23-26,29H,17,19,22H2,1-9H3,(H2,38,39,40). The molecular formula is C37H48N6O3Si. The van der Waals surface area contributed by atoms with E-state index in [1.807, 2.05) is 74.0 Å². The molecule has 1 aliphatic rings. The molecule has 248 valence electrons. The van der Waals surface area contributed by atoms with Crippen molar-refractivity contribution in [2.75, 3.05) is 18.8 Å². The molecule has 10 heteroatoms. The van der Waals surface area contributed by atoms with Crippen molar-refractivity contribution in [1.29, 1.82) is 0 Å². The highest BCUT2D eigenvalue weighted by molar-refractivity contribution is 6.90. The summed E-state index contributed by atoms with van der Waals surface area (Å²) >= 11 is 0. The van der Waals surface area contributed by atoms with Gasteiger partial charge in [-0.1, -0.05) is 53.5 Å². The zero-order valence-electron chi connectivity index (χ0n) is 29.2. The molecule has 0 aliphatic carbocycles. The van der Waals surface area contributed by atoms with Crippen LogP contribution in [-0.2, 0) is 4.74 Å². The zero-order chi connectivity index (χ0) is 34.1. The minimum atomic E-state index is -1.84. The molecule has 0 bridgehead atoms. The van der Waals surface area contributed by atoms with Gasteiger partial charge in [0.1, 0.15) is 43.0 Å². The monoisotopic (exact) mass is 652 g/mol. The molecule has 0 spiro atoms. The molecule has 1 saturated heterocycles. The lowest BCUT2D eigenvalue weighted by Crippen LogP contribution is -2.43. The van der Waals surface area contributed by atoms with Gasteiger partial charge in [-0.05, 0) is 86.3 Å². The Bertz CT molecular complexity index is 1780. The average Bonchev–Trinajstić information content (AvgIpc) is 3.63. The van der Waals surface area contributed by atoms with Crippen LogP contribution in [0, 0.1) is 11.5 Å². The Labute approximate surface area is 279 Å². The van der Waals surface area contributed by atoms with Gasteiger partial charge in [-0.2, -0.15) is 5.10 Å². The van der Waals surface area contributed by atoms with Crippen LogP contribution in [0.25, 0.3) is 22.3 Å². The Morgan fingerprint density at radius 2 is 1.66 bits per heavy atom. The van der Waals surface area contributed by atoms with Gasteiger partial charge in [0.25, 0.3) is 0 Å². The number of nitrogens with zero attached hydrogens (tertiary/aromatic N) is 5. The molecule has 1 fully saturated rings. The molecule has 4 aromatic rings. The average molecular weight is 653 g/mol. The summed E-state index contributed by atoms with van der Waals surface area (Å²) in [5.74, 6) is 5.31.